The Balaban J connectivity index is 2.70. The third kappa shape index (κ3) is 2.20. The normalized spacial score (nSPS) is 12.1. The van der Waals surface area contributed by atoms with Crippen LogP contribution >= 0.6 is 0 Å². The van der Waals surface area contributed by atoms with Crippen LogP contribution in [0.4, 0.5) is 0 Å². The molecule has 3 nitrogen and oxygen atoms in total. The van der Waals surface area contributed by atoms with Crippen molar-refractivity contribution in [2.45, 2.75) is 13.3 Å². The van der Waals surface area contributed by atoms with E-state index in [1.54, 1.807) is 4.68 Å². The van der Waals surface area contributed by atoms with Gasteiger partial charge in [-0.2, -0.15) is 5.10 Å². The fraction of sp³-hybridized carbons (Fsp3) is 0.444. The number of hydrogen-bond acceptors (Lipinski definition) is 2. The van der Waals surface area contributed by atoms with Crippen molar-refractivity contribution in [1.82, 2.24) is 9.78 Å². The van der Waals surface area contributed by atoms with Crippen LogP contribution in [-0.2, 0) is 7.05 Å². The second-order valence-electron chi connectivity index (χ2n) is 2.87. The lowest BCUT2D eigenvalue weighted by atomic mass is 10.1. The molecule has 2 N–H and O–H groups in total. The molecular weight excluding hydrogens is 150 g/mol. The number of allylic oxidation sites excluding steroid dienone is 1. The van der Waals surface area contributed by atoms with Gasteiger partial charge < -0.3 is 5.73 Å². The molecular formula is C9H15N3. The van der Waals surface area contributed by atoms with Crippen LogP contribution in [0.2, 0.25) is 0 Å². The highest BCUT2D eigenvalue weighted by Crippen LogP contribution is 2.11. The van der Waals surface area contributed by atoms with Crippen LogP contribution in [0.25, 0.3) is 5.57 Å². The second-order valence-corrected chi connectivity index (χ2v) is 2.87. The third-order valence-corrected chi connectivity index (χ3v) is 1.78. The molecule has 0 unspecified atom stereocenters. The minimum absolute atomic E-state index is 0.706. The van der Waals surface area contributed by atoms with E-state index in [1.807, 2.05) is 19.4 Å². The van der Waals surface area contributed by atoms with Crippen molar-refractivity contribution in [2.24, 2.45) is 12.8 Å². The maximum atomic E-state index is 5.39. The summed E-state index contributed by atoms with van der Waals surface area (Å²) >= 11 is 0. The lowest BCUT2D eigenvalue weighted by molar-refractivity contribution is 0.767. The van der Waals surface area contributed by atoms with Crippen LogP contribution < -0.4 is 5.73 Å². The van der Waals surface area contributed by atoms with E-state index in [1.165, 1.54) is 11.1 Å². The van der Waals surface area contributed by atoms with E-state index >= 15 is 0 Å². The van der Waals surface area contributed by atoms with Gasteiger partial charge in [0.25, 0.3) is 0 Å². The SMILES string of the molecule is C/C(=C\CCN)c1cnn(C)c1. The van der Waals surface area contributed by atoms with Gasteiger partial charge in [-0.05, 0) is 25.5 Å². The summed E-state index contributed by atoms with van der Waals surface area (Å²) in [6, 6.07) is 0. The lowest BCUT2D eigenvalue weighted by Crippen LogP contribution is -1.95. The van der Waals surface area contributed by atoms with Gasteiger partial charge in [0, 0.05) is 18.8 Å². The van der Waals surface area contributed by atoms with Crippen molar-refractivity contribution in [2.75, 3.05) is 6.54 Å². The number of nitrogens with two attached hydrogens (primary N) is 1. The van der Waals surface area contributed by atoms with E-state index in [-0.39, 0.29) is 0 Å². The van der Waals surface area contributed by atoms with Crippen LogP contribution in [0, 0.1) is 0 Å². The number of hydrogen-bond donors (Lipinski definition) is 1. The van der Waals surface area contributed by atoms with Crippen molar-refractivity contribution in [1.29, 1.82) is 0 Å². The minimum atomic E-state index is 0.706. The Hall–Kier alpha value is -1.09. The smallest absolute Gasteiger partial charge is 0.0564 e. The molecule has 66 valence electrons. The number of rotatable bonds is 3. The van der Waals surface area contributed by atoms with Crippen LogP contribution in [0.1, 0.15) is 18.9 Å². The number of aromatic nitrogens is 2. The first-order valence-corrected chi connectivity index (χ1v) is 4.10. The van der Waals surface area contributed by atoms with E-state index in [9.17, 15) is 0 Å². The Labute approximate surface area is 72.9 Å². The molecule has 0 aromatic carbocycles. The predicted octanol–water partition coefficient (Wildman–Crippen LogP) is 1.17. The molecule has 0 amide bonds. The van der Waals surface area contributed by atoms with Crippen molar-refractivity contribution in [3.63, 3.8) is 0 Å². The third-order valence-electron chi connectivity index (χ3n) is 1.78. The lowest BCUT2D eigenvalue weighted by Gasteiger charge is -1.94. The van der Waals surface area contributed by atoms with Crippen molar-refractivity contribution in [3.8, 4) is 0 Å². The Morgan fingerprint density at radius 2 is 2.50 bits per heavy atom. The summed E-state index contributed by atoms with van der Waals surface area (Å²) in [6.45, 7) is 2.78. The molecule has 0 atom stereocenters. The van der Waals surface area contributed by atoms with Crippen LogP contribution in [0.3, 0.4) is 0 Å². The van der Waals surface area contributed by atoms with Crippen molar-refractivity contribution in [3.05, 3.63) is 24.0 Å². The molecule has 3 heteroatoms. The van der Waals surface area contributed by atoms with Gasteiger partial charge in [-0.15, -0.1) is 0 Å². The molecule has 1 rings (SSSR count). The van der Waals surface area contributed by atoms with Gasteiger partial charge in [-0.25, -0.2) is 0 Å². The first-order chi connectivity index (χ1) is 5.74. The summed E-state index contributed by atoms with van der Waals surface area (Å²) in [6.07, 6.45) is 6.93. The highest BCUT2D eigenvalue weighted by Gasteiger charge is 1.96. The van der Waals surface area contributed by atoms with Crippen LogP contribution in [0.15, 0.2) is 18.5 Å². The molecule has 0 saturated carbocycles. The summed E-state index contributed by atoms with van der Waals surface area (Å²) in [5, 5.41) is 4.09. The van der Waals surface area contributed by atoms with Gasteiger partial charge in [0.15, 0.2) is 0 Å². The molecule has 0 radical (unpaired) electrons. The van der Waals surface area contributed by atoms with E-state index in [4.69, 9.17) is 5.73 Å². The quantitative estimate of drug-likeness (QED) is 0.730. The summed E-state index contributed by atoms with van der Waals surface area (Å²) < 4.78 is 1.80. The van der Waals surface area contributed by atoms with Crippen LogP contribution in [-0.4, -0.2) is 16.3 Å². The maximum absolute atomic E-state index is 5.39. The zero-order valence-corrected chi connectivity index (χ0v) is 7.62. The van der Waals surface area contributed by atoms with Crippen LogP contribution in [0.5, 0.6) is 0 Å². The van der Waals surface area contributed by atoms with Gasteiger partial charge in [-0.1, -0.05) is 6.08 Å². The van der Waals surface area contributed by atoms with Gasteiger partial charge in [0.2, 0.25) is 0 Å². The summed E-state index contributed by atoms with van der Waals surface area (Å²) in [7, 11) is 1.92. The Morgan fingerprint density at radius 1 is 1.75 bits per heavy atom. The Bertz CT molecular complexity index is 273. The summed E-state index contributed by atoms with van der Waals surface area (Å²) in [4.78, 5) is 0. The maximum Gasteiger partial charge on any atom is 0.0564 e. The van der Waals surface area contributed by atoms with Gasteiger partial charge in [-0.3, -0.25) is 4.68 Å². The molecule has 0 bridgehead atoms. The minimum Gasteiger partial charge on any atom is -0.330 e. The first-order valence-electron chi connectivity index (χ1n) is 4.10. The largest absolute Gasteiger partial charge is 0.330 e. The molecule has 0 saturated heterocycles. The summed E-state index contributed by atoms with van der Waals surface area (Å²) in [5.41, 5.74) is 7.81. The highest BCUT2D eigenvalue weighted by molar-refractivity contribution is 5.62. The standard InChI is InChI=1S/C9H15N3/c1-8(4-3-5-10)9-6-11-12(2)7-9/h4,6-7H,3,5,10H2,1-2H3/b8-4+. The Morgan fingerprint density at radius 3 is 3.00 bits per heavy atom. The average molecular weight is 165 g/mol. The fourth-order valence-corrected chi connectivity index (χ4v) is 1.04. The average Bonchev–Trinajstić information content (AvgIpc) is 2.47. The fourth-order valence-electron chi connectivity index (χ4n) is 1.04. The molecule has 0 aliphatic rings. The van der Waals surface area contributed by atoms with E-state index in [0.717, 1.165) is 6.42 Å². The van der Waals surface area contributed by atoms with E-state index in [0.29, 0.717) is 6.54 Å². The monoisotopic (exact) mass is 165 g/mol. The highest BCUT2D eigenvalue weighted by atomic mass is 15.2. The predicted molar refractivity (Wildman–Crippen MR) is 50.5 cm³/mol. The van der Waals surface area contributed by atoms with Crippen molar-refractivity contribution < 1.29 is 0 Å². The number of nitrogens with zero attached hydrogens (tertiary/aromatic N) is 2. The second kappa shape index (κ2) is 4.07. The van der Waals surface area contributed by atoms with Crippen molar-refractivity contribution >= 4 is 5.57 Å². The molecule has 12 heavy (non-hydrogen) atoms. The first kappa shape index (κ1) is 9.00. The molecule has 0 aliphatic heterocycles. The molecule has 1 aromatic rings. The molecule has 1 aromatic heterocycles. The topological polar surface area (TPSA) is 43.8 Å². The van der Waals surface area contributed by atoms with E-state index in [2.05, 4.69) is 18.1 Å². The molecule has 0 aliphatic carbocycles. The van der Waals surface area contributed by atoms with Gasteiger partial charge >= 0.3 is 0 Å². The van der Waals surface area contributed by atoms with E-state index < -0.39 is 0 Å². The zero-order valence-electron chi connectivity index (χ0n) is 7.62. The molecule has 0 spiro atoms. The number of aryl methyl sites for hydroxylation is 1. The Kier molecular flexibility index (Phi) is 3.05. The molecule has 1 heterocycles. The zero-order chi connectivity index (χ0) is 8.97. The van der Waals surface area contributed by atoms with Gasteiger partial charge in [0.1, 0.15) is 0 Å². The molecule has 0 fully saturated rings. The van der Waals surface area contributed by atoms with Gasteiger partial charge in [0.05, 0.1) is 6.20 Å². The summed E-state index contributed by atoms with van der Waals surface area (Å²) in [5.74, 6) is 0.